The molecule has 0 spiro atoms. The molecule has 2 heterocycles. The average Bonchev–Trinajstić information content (AvgIpc) is 3.02. The van der Waals surface area contributed by atoms with Gasteiger partial charge in [0, 0.05) is 22.8 Å². The highest BCUT2D eigenvalue weighted by atomic mass is 16.6. The lowest BCUT2D eigenvalue weighted by Crippen LogP contribution is -2.30. The Balaban J connectivity index is 1.81. The SMILES string of the molecule is OCC1CN(c2cccc3ccc(-c4ccccn4)cc23)C(O)O1. The largest absolute Gasteiger partial charge is 0.394 e. The second kappa shape index (κ2) is 6.20. The number of fused-ring (bicyclic) bond motifs is 1. The average molecular weight is 322 g/mol. The Hall–Kier alpha value is -2.47. The van der Waals surface area contributed by atoms with Gasteiger partial charge in [-0.05, 0) is 29.7 Å². The maximum Gasteiger partial charge on any atom is 0.238 e. The van der Waals surface area contributed by atoms with E-state index in [-0.39, 0.29) is 12.7 Å². The molecule has 2 aromatic carbocycles. The maximum absolute atomic E-state index is 10.2. The Morgan fingerprint density at radius 1 is 1.12 bits per heavy atom. The van der Waals surface area contributed by atoms with Crippen LogP contribution in [0.4, 0.5) is 5.69 Å². The summed E-state index contributed by atoms with van der Waals surface area (Å²) in [4.78, 5) is 6.17. The van der Waals surface area contributed by atoms with Gasteiger partial charge in [0.15, 0.2) is 0 Å². The summed E-state index contributed by atoms with van der Waals surface area (Å²) in [6, 6.07) is 17.9. The quantitative estimate of drug-likeness (QED) is 0.775. The molecule has 4 rings (SSSR count). The monoisotopic (exact) mass is 322 g/mol. The summed E-state index contributed by atoms with van der Waals surface area (Å²) in [6.07, 6.45) is 0.343. The lowest BCUT2D eigenvalue weighted by Gasteiger charge is -2.22. The number of aliphatic hydroxyl groups is 2. The fourth-order valence-electron chi connectivity index (χ4n) is 3.12. The summed E-state index contributed by atoms with van der Waals surface area (Å²) in [5, 5.41) is 21.5. The van der Waals surface area contributed by atoms with Crippen LogP contribution in [0.25, 0.3) is 22.0 Å². The molecule has 2 unspecified atom stereocenters. The van der Waals surface area contributed by atoms with Gasteiger partial charge in [-0.1, -0.05) is 30.3 Å². The standard InChI is InChI=1S/C19H18N2O3/c22-12-15-11-21(19(23)24-15)18-6-3-4-13-7-8-14(10-16(13)18)17-5-1-2-9-20-17/h1-10,15,19,22-23H,11-12H2. The van der Waals surface area contributed by atoms with Crippen LogP contribution in [-0.2, 0) is 4.74 Å². The zero-order chi connectivity index (χ0) is 16.5. The zero-order valence-electron chi connectivity index (χ0n) is 13.0. The van der Waals surface area contributed by atoms with Gasteiger partial charge in [0.2, 0.25) is 6.41 Å². The third kappa shape index (κ3) is 2.63. The number of aliphatic hydroxyl groups excluding tert-OH is 2. The van der Waals surface area contributed by atoms with Crippen LogP contribution in [0.15, 0.2) is 60.8 Å². The van der Waals surface area contributed by atoms with Gasteiger partial charge < -0.3 is 19.8 Å². The fourth-order valence-corrected chi connectivity index (χ4v) is 3.12. The van der Waals surface area contributed by atoms with Crippen molar-refractivity contribution in [3.05, 3.63) is 60.8 Å². The zero-order valence-corrected chi connectivity index (χ0v) is 13.0. The molecular weight excluding hydrogens is 304 g/mol. The normalized spacial score (nSPS) is 20.7. The number of pyridine rings is 1. The van der Waals surface area contributed by atoms with E-state index in [0.29, 0.717) is 6.54 Å². The number of aromatic nitrogens is 1. The van der Waals surface area contributed by atoms with Gasteiger partial charge in [0.05, 0.1) is 18.8 Å². The predicted octanol–water partition coefficient (Wildman–Crippen LogP) is 2.38. The first-order valence-electron chi connectivity index (χ1n) is 7.91. The van der Waals surface area contributed by atoms with E-state index in [9.17, 15) is 10.2 Å². The van der Waals surface area contributed by atoms with Crippen molar-refractivity contribution in [1.82, 2.24) is 4.98 Å². The minimum Gasteiger partial charge on any atom is -0.394 e. The van der Waals surface area contributed by atoms with Crippen LogP contribution in [0.1, 0.15) is 0 Å². The molecule has 0 saturated carbocycles. The number of anilines is 1. The van der Waals surface area contributed by atoms with E-state index in [4.69, 9.17) is 4.74 Å². The predicted molar refractivity (Wildman–Crippen MR) is 92.5 cm³/mol. The van der Waals surface area contributed by atoms with E-state index in [1.165, 1.54) is 0 Å². The molecule has 3 aromatic rings. The first-order chi connectivity index (χ1) is 11.8. The molecule has 0 amide bonds. The van der Waals surface area contributed by atoms with E-state index in [1.54, 1.807) is 11.1 Å². The topological polar surface area (TPSA) is 65.8 Å². The number of nitrogens with zero attached hydrogens (tertiary/aromatic N) is 2. The second-order valence-corrected chi connectivity index (χ2v) is 5.85. The molecule has 2 N–H and O–H groups in total. The van der Waals surface area contributed by atoms with Crippen LogP contribution in [0, 0.1) is 0 Å². The molecule has 2 atom stereocenters. The summed E-state index contributed by atoms with van der Waals surface area (Å²) in [5.41, 5.74) is 2.80. The maximum atomic E-state index is 10.2. The van der Waals surface area contributed by atoms with Crippen molar-refractivity contribution in [2.75, 3.05) is 18.1 Å². The minimum absolute atomic E-state index is 0.114. The third-order valence-electron chi connectivity index (χ3n) is 4.31. The molecule has 1 saturated heterocycles. The van der Waals surface area contributed by atoms with Gasteiger partial charge in [-0.25, -0.2) is 0 Å². The highest BCUT2D eigenvalue weighted by Gasteiger charge is 2.31. The summed E-state index contributed by atoms with van der Waals surface area (Å²) < 4.78 is 5.36. The number of ether oxygens (including phenoxy) is 1. The van der Waals surface area contributed by atoms with Crippen molar-refractivity contribution in [2.24, 2.45) is 0 Å². The highest BCUT2D eigenvalue weighted by Crippen LogP contribution is 2.33. The van der Waals surface area contributed by atoms with Gasteiger partial charge in [-0.2, -0.15) is 0 Å². The lowest BCUT2D eigenvalue weighted by atomic mass is 10.0. The number of benzene rings is 2. The second-order valence-electron chi connectivity index (χ2n) is 5.85. The van der Waals surface area contributed by atoms with E-state index in [0.717, 1.165) is 27.7 Å². The number of rotatable bonds is 3. The summed E-state index contributed by atoms with van der Waals surface area (Å²) >= 11 is 0. The number of hydrogen-bond donors (Lipinski definition) is 2. The molecule has 0 radical (unpaired) electrons. The van der Waals surface area contributed by atoms with Crippen LogP contribution in [0.5, 0.6) is 0 Å². The highest BCUT2D eigenvalue weighted by molar-refractivity contribution is 5.97. The first kappa shape index (κ1) is 15.1. The summed E-state index contributed by atoms with van der Waals surface area (Å²) in [5.74, 6) is 0. The van der Waals surface area contributed by atoms with Gasteiger partial charge in [0.25, 0.3) is 0 Å². The Morgan fingerprint density at radius 3 is 2.79 bits per heavy atom. The Kier molecular flexibility index (Phi) is 3.90. The minimum atomic E-state index is -1.05. The third-order valence-corrected chi connectivity index (χ3v) is 4.31. The van der Waals surface area contributed by atoms with Crippen molar-refractivity contribution in [1.29, 1.82) is 0 Å². The van der Waals surface area contributed by atoms with Crippen LogP contribution in [-0.4, -0.2) is 40.9 Å². The van der Waals surface area contributed by atoms with E-state index in [2.05, 4.69) is 17.1 Å². The first-order valence-corrected chi connectivity index (χ1v) is 7.91. The molecular formula is C19H18N2O3. The summed E-state index contributed by atoms with van der Waals surface area (Å²) in [7, 11) is 0. The molecule has 1 aromatic heterocycles. The summed E-state index contributed by atoms with van der Waals surface area (Å²) in [6.45, 7) is 0.335. The van der Waals surface area contributed by atoms with E-state index in [1.807, 2.05) is 42.5 Å². The molecule has 5 heteroatoms. The fraction of sp³-hybridized carbons (Fsp3) is 0.211. The van der Waals surface area contributed by atoms with Gasteiger partial charge in [0.1, 0.15) is 6.10 Å². The molecule has 1 aliphatic heterocycles. The van der Waals surface area contributed by atoms with Crippen LogP contribution in [0.3, 0.4) is 0 Å². The lowest BCUT2D eigenvalue weighted by molar-refractivity contribution is -0.0989. The molecule has 0 aliphatic carbocycles. The van der Waals surface area contributed by atoms with Crippen molar-refractivity contribution in [2.45, 2.75) is 12.5 Å². The molecule has 0 bridgehead atoms. The van der Waals surface area contributed by atoms with Gasteiger partial charge >= 0.3 is 0 Å². The van der Waals surface area contributed by atoms with Gasteiger partial charge in [-0.15, -0.1) is 0 Å². The van der Waals surface area contributed by atoms with Crippen molar-refractivity contribution < 1.29 is 14.9 Å². The smallest absolute Gasteiger partial charge is 0.238 e. The van der Waals surface area contributed by atoms with Crippen molar-refractivity contribution >= 4 is 16.5 Å². The Morgan fingerprint density at radius 2 is 2.04 bits per heavy atom. The van der Waals surface area contributed by atoms with Crippen LogP contribution < -0.4 is 4.90 Å². The molecule has 1 fully saturated rings. The molecule has 122 valence electrons. The van der Waals surface area contributed by atoms with Gasteiger partial charge in [-0.3, -0.25) is 4.98 Å². The van der Waals surface area contributed by atoms with Crippen molar-refractivity contribution in [3.63, 3.8) is 0 Å². The van der Waals surface area contributed by atoms with Crippen LogP contribution in [0.2, 0.25) is 0 Å². The molecule has 24 heavy (non-hydrogen) atoms. The van der Waals surface area contributed by atoms with Crippen molar-refractivity contribution in [3.8, 4) is 11.3 Å². The molecule has 1 aliphatic rings. The molecule has 5 nitrogen and oxygen atoms in total. The van der Waals surface area contributed by atoms with E-state index >= 15 is 0 Å². The van der Waals surface area contributed by atoms with E-state index < -0.39 is 6.41 Å². The Bertz CT molecular complexity index is 854. The van der Waals surface area contributed by atoms with Crippen LogP contribution >= 0.6 is 0 Å². The number of hydrogen-bond acceptors (Lipinski definition) is 5. The Labute approximate surface area is 139 Å².